The molecular weight excluding hydrogens is 282 g/mol. The summed E-state index contributed by atoms with van der Waals surface area (Å²) in [5.41, 5.74) is 1.43. The second kappa shape index (κ2) is 6.38. The fraction of sp³-hybridized carbons (Fsp3) is 0.529. The predicted molar refractivity (Wildman–Crippen MR) is 82.8 cm³/mol. The van der Waals surface area contributed by atoms with E-state index >= 15 is 0 Å². The highest BCUT2D eigenvalue weighted by Crippen LogP contribution is 2.40. The Kier molecular flexibility index (Phi) is 4.74. The largest absolute Gasteiger partial charge is 0.481 e. The van der Waals surface area contributed by atoms with Crippen molar-refractivity contribution in [2.75, 3.05) is 0 Å². The topological polar surface area (TPSA) is 75.6 Å². The first-order chi connectivity index (χ1) is 10.2. The van der Waals surface area contributed by atoms with Crippen LogP contribution in [0.4, 0.5) is 4.79 Å². The van der Waals surface area contributed by atoms with E-state index in [1.807, 2.05) is 24.3 Å². The van der Waals surface area contributed by atoms with E-state index in [1.54, 1.807) is 20.8 Å². The van der Waals surface area contributed by atoms with Gasteiger partial charge in [-0.1, -0.05) is 24.3 Å². The molecule has 0 radical (unpaired) electrons. The number of ether oxygens (including phenoxy) is 1. The fourth-order valence-corrected chi connectivity index (χ4v) is 2.29. The zero-order valence-corrected chi connectivity index (χ0v) is 13.3. The first kappa shape index (κ1) is 16.3. The number of hydrogen-bond donors (Lipinski definition) is 2. The van der Waals surface area contributed by atoms with E-state index in [0.29, 0.717) is 5.92 Å². The predicted octanol–water partition coefficient (Wildman–Crippen LogP) is 3.60. The van der Waals surface area contributed by atoms with Gasteiger partial charge in [0.1, 0.15) is 5.60 Å². The molecule has 1 saturated carbocycles. The van der Waals surface area contributed by atoms with Gasteiger partial charge in [-0.15, -0.1) is 0 Å². The fourth-order valence-electron chi connectivity index (χ4n) is 2.29. The van der Waals surface area contributed by atoms with Crippen molar-refractivity contribution in [3.05, 3.63) is 35.4 Å². The van der Waals surface area contributed by atoms with Crippen molar-refractivity contribution in [3.8, 4) is 0 Å². The van der Waals surface area contributed by atoms with Crippen molar-refractivity contribution in [2.24, 2.45) is 0 Å². The van der Waals surface area contributed by atoms with Gasteiger partial charge in [0.05, 0.1) is 12.5 Å². The second-order valence-corrected chi connectivity index (χ2v) is 6.74. The maximum Gasteiger partial charge on any atom is 0.408 e. The van der Waals surface area contributed by atoms with Crippen LogP contribution in [0, 0.1) is 0 Å². The molecule has 0 aliphatic heterocycles. The van der Waals surface area contributed by atoms with Gasteiger partial charge in [0, 0.05) is 0 Å². The van der Waals surface area contributed by atoms with E-state index in [2.05, 4.69) is 5.32 Å². The summed E-state index contributed by atoms with van der Waals surface area (Å²) in [6, 6.07) is 7.20. The lowest BCUT2D eigenvalue weighted by molar-refractivity contribution is -0.137. The molecule has 1 aromatic rings. The lowest BCUT2D eigenvalue weighted by Gasteiger charge is -2.23. The molecule has 0 saturated heterocycles. The molecule has 0 unspecified atom stereocenters. The average molecular weight is 305 g/mol. The van der Waals surface area contributed by atoms with E-state index < -0.39 is 23.7 Å². The van der Waals surface area contributed by atoms with E-state index in [-0.39, 0.29) is 6.42 Å². The van der Waals surface area contributed by atoms with Crippen LogP contribution in [-0.4, -0.2) is 22.8 Å². The van der Waals surface area contributed by atoms with E-state index in [1.165, 1.54) is 18.4 Å². The van der Waals surface area contributed by atoms with Crippen molar-refractivity contribution in [3.63, 3.8) is 0 Å². The van der Waals surface area contributed by atoms with E-state index in [0.717, 1.165) is 5.56 Å². The standard InChI is InChI=1S/C17H23NO4/c1-17(2,3)22-16(21)18-14(10-15(19)20)13-8-6-12(7-9-13)11-4-5-11/h6-9,11,14H,4-5,10H2,1-3H3,(H,18,21)(H,19,20)/t14-/m0/s1. The molecule has 22 heavy (non-hydrogen) atoms. The molecule has 5 heteroatoms. The molecular formula is C17H23NO4. The third-order valence-electron chi connectivity index (χ3n) is 3.46. The lowest BCUT2D eigenvalue weighted by atomic mass is 10.0. The molecule has 1 aromatic carbocycles. The Bertz CT molecular complexity index is 541. The molecule has 120 valence electrons. The number of alkyl carbamates (subject to hydrolysis) is 1. The Balaban J connectivity index is 2.07. The van der Waals surface area contributed by atoms with Crippen molar-refractivity contribution < 1.29 is 19.4 Å². The minimum Gasteiger partial charge on any atom is -0.481 e. The summed E-state index contributed by atoms with van der Waals surface area (Å²) in [6.07, 6.45) is 1.65. The summed E-state index contributed by atoms with van der Waals surface area (Å²) in [5, 5.41) is 11.7. The van der Waals surface area contributed by atoms with Crippen molar-refractivity contribution in [2.45, 2.75) is 57.6 Å². The maximum absolute atomic E-state index is 11.9. The second-order valence-electron chi connectivity index (χ2n) is 6.74. The van der Waals surface area contributed by atoms with Crippen molar-refractivity contribution in [1.29, 1.82) is 0 Å². The molecule has 0 bridgehead atoms. The minimum atomic E-state index is -0.965. The van der Waals surface area contributed by atoms with Gasteiger partial charge in [0.15, 0.2) is 0 Å². The molecule has 1 atom stereocenters. The molecule has 1 aliphatic carbocycles. The zero-order valence-electron chi connectivity index (χ0n) is 13.3. The Morgan fingerprint density at radius 1 is 1.27 bits per heavy atom. The van der Waals surface area contributed by atoms with Crippen molar-refractivity contribution in [1.82, 2.24) is 5.32 Å². The van der Waals surface area contributed by atoms with Crippen LogP contribution in [0.25, 0.3) is 0 Å². The van der Waals surface area contributed by atoms with Gasteiger partial charge in [-0.2, -0.15) is 0 Å². The number of aliphatic carboxylic acids is 1. The lowest BCUT2D eigenvalue weighted by Crippen LogP contribution is -2.35. The summed E-state index contributed by atoms with van der Waals surface area (Å²) in [7, 11) is 0. The summed E-state index contributed by atoms with van der Waals surface area (Å²) in [4.78, 5) is 22.9. The van der Waals surface area contributed by atoms with Gasteiger partial charge in [-0.3, -0.25) is 4.79 Å². The van der Waals surface area contributed by atoms with Crippen LogP contribution in [0.1, 0.15) is 63.1 Å². The molecule has 5 nitrogen and oxygen atoms in total. The van der Waals surface area contributed by atoms with Gasteiger partial charge < -0.3 is 15.2 Å². The van der Waals surface area contributed by atoms with Crippen LogP contribution in [-0.2, 0) is 9.53 Å². The maximum atomic E-state index is 11.9. The van der Waals surface area contributed by atoms with Crippen LogP contribution in [0.15, 0.2) is 24.3 Å². The number of rotatable bonds is 5. The molecule has 2 N–H and O–H groups in total. The van der Waals surface area contributed by atoms with Gasteiger partial charge in [-0.25, -0.2) is 4.79 Å². The smallest absolute Gasteiger partial charge is 0.408 e. The third-order valence-corrected chi connectivity index (χ3v) is 3.46. The molecule has 0 spiro atoms. The van der Waals surface area contributed by atoms with Crippen LogP contribution in [0.5, 0.6) is 0 Å². The Hall–Kier alpha value is -2.04. The SMILES string of the molecule is CC(C)(C)OC(=O)N[C@@H](CC(=O)O)c1ccc(C2CC2)cc1. The minimum absolute atomic E-state index is 0.179. The monoisotopic (exact) mass is 305 g/mol. The van der Waals surface area contributed by atoms with Crippen LogP contribution in [0.3, 0.4) is 0 Å². The summed E-state index contributed by atoms with van der Waals surface area (Å²) >= 11 is 0. The van der Waals surface area contributed by atoms with Gasteiger partial charge in [0.25, 0.3) is 0 Å². The van der Waals surface area contributed by atoms with Gasteiger partial charge >= 0.3 is 12.1 Å². The van der Waals surface area contributed by atoms with E-state index in [9.17, 15) is 9.59 Å². The summed E-state index contributed by atoms with van der Waals surface area (Å²) in [6.45, 7) is 5.30. The first-order valence-corrected chi connectivity index (χ1v) is 7.56. The number of nitrogens with one attached hydrogen (secondary N) is 1. The van der Waals surface area contributed by atoms with Gasteiger partial charge in [0.2, 0.25) is 0 Å². The number of carbonyl (C=O) groups excluding carboxylic acids is 1. The normalized spacial score (nSPS) is 16.0. The average Bonchev–Trinajstić information content (AvgIpc) is 3.19. The Labute approximate surface area is 130 Å². The molecule has 1 amide bonds. The summed E-state index contributed by atoms with van der Waals surface area (Å²) in [5.74, 6) is -0.321. The van der Waals surface area contributed by atoms with Crippen LogP contribution in [0.2, 0.25) is 0 Å². The highest BCUT2D eigenvalue weighted by Gasteiger charge is 2.25. The molecule has 0 heterocycles. The molecule has 1 aliphatic rings. The number of carbonyl (C=O) groups is 2. The van der Waals surface area contributed by atoms with Crippen LogP contribution < -0.4 is 5.32 Å². The Morgan fingerprint density at radius 3 is 2.32 bits per heavy atom. The highest BCUT2D eigenvalue weighted by atomic mass is 16.6. The van der Waals surface area contributed by atoms with Crippen molar-refractivity contribution >= 4 is 12.1 Å². The van der Waals surface area contributed by atoms with E-state index in [4.69, 9.17) is 9.84 Å². The van der Waals surface area contributed by atoms with Gasteiger partial charge in [-0.05, 0) is 50.7 Å². The first-order valence-electron chi connectivity index (χ1n) is 7.56. The third kappa shape index (κ3) is 5.06. The van der Waals surface area contributed by atoms with Crippen LogP contribution >= 0.6 is 0 Å². The Morgan fingerprint density at radius 2 is 1.86 bits per heavy atom. The number of carboxylic acid groups (broad SMARTS) is 1. The number of amides is 1. The molecule has 1 fully saturated rings. The number of benzene rings is 1. The number of carboxylic acids is 1. The molecule has 2 rings (SSSR count). The quantitative estimate of drug-likeness (QED) is 0.871. The zero-order chi connectivity index (χ0) is 16.3. The number of hydrogen-bond acceptors (Lipinski definition) is 3. The molecule has 0 aromatic heterocycles. The highest BCUT2D eigenvalue weighted by molar-refractivity contribution is 5.72. The summed E-state index contributed by atoms with van der Waals surface area (Å²) < 4.78 is 5.20.